The average Bonchev–Trinajstić information content (AvgIpc) is 2.42. The monoisotopic (exact) mass is 285 g/mol. The molecule has 0 saturated carbocycles. The fraction of sp³-hybridized carbons (Fsp3) is 0.750. The van der Waals surface area contributed by atoms with Gasteiger partial charge in [-0.1, -0.05) is 0 Å². The van der Waals surface area contributed by atoms with Crippen LogP contribution in [0, 0.1) is 0 Å². The number of carbonyl (C=O) groups excluding carboxylic acids is 1. The number of amides is 1. The van der Waals surface area contributed by atoms with Crippen LogP contribution in [0.4, 0.5) is 0 Å². The molecule has 1 unspecified atom stereocenters. The number of carboxylic acid groups (broad SMARTS) is 1. The predicted octanol–water partition coefficient (Wildman–Crippen LogP) is -1.17. The van der Waals surface area contributed by atoms with Crippen molar-refractivity contribution >= 4 is 17.8 Å². The molecule has 2 atom stereocenters. The summed E-state index contributed by atoms with van der Waals surface area (Å²) in [5.41, 5.74) is 16.2. The first-order valence-corrected chi connectivity index (χ1v) is 6.77. The third kappa shape index (κ3) is 4.69. The lowest BCUT2D eigenvalue weighted by molar-refractivity contribution is -0.152. The Labute approximate surface area is 118 Å². The zero-order chi connectivity index (χ0) is 15.1. The number of nitrogens with zero attached hydrogens (tertiary/aromatic N) is 2. The molecule has 7 N–H and O–H groups in total. The van der Waals surface area contributed by atoms with Crippen LogP contribution in [-0.2, 0) is 9.59 Å². The molecule has 1 rings (SSSR count). The summed E-state index contributed by atoms with van der Waals surface area (Å²) in [6.07, 6.45) is 3.13. The minimum Gasteiger partial charge on any atom is -0.480 e. The van der Waals surface area contributed by atoms with Crippen LogP contribution in [0.5, 0.6) is 0 Å². The molecule has 1 aliphatic heterocycles. The van der Waals surface area contributed by atoms with Crippen molar-refractivity contribution in [2.24, 2.45) is 22.2 Å². The first-order chi connectivity index (χ1) is 9.43. The van der Waals surface area contributed by atoms with Gasteiger partial charge in [0, 0.05) is 13.1 Å². The molecular weight excluding hydrogens is 262 g/mol. The van der Waals surface area contributed by atoms with Crippen LogP contribution >= 0.6 is 0 Å². The number of carbonyl (C=O) groups is 2. The van der Waals surface area contributed by atoms with Gasteiger partial charge in [-0.05, 0) is 32.1 Å². The highest BCUT2D eigenvalue weighted by Crippen LogP contribution is 2.18. The van der Waals surface area contributed by atoms with Crippen molar-refractivity contribution < 1.29 is 14.7 Å². The summed E-state index contributed by atoms with van der Waals surface area (Å²) in [6, 6.07) is -1.45. The second-order valence-corrected chi connectivity index (χ2v) is 4.94. The van der Waals surface area contributed by atoms with Gasteiger partial charge in [0.25, 0.3) is 0 Å². The lowest BCUT2D eigenvalue weighted by Crippen LogP contribution is -2.53. The highest BCUT2D eigenvalue weighted by atomic mass is 16.4. The minimum atomic E-state index is -0.967. The summed E-state index contributed by atoms with van der Waals surface area (Å²) in [5, 5.41) is 9.13. The van der Waals surface area contributed by atoms with E-state index in [9.17, 15) is 9.59 Å². The lowest BCUT2D eigenvalue weighted by Gasteiger charge is -2.34. The first kappa shape index (κ1) is 16.2. The molecule has 114 valence electrons. The number of rotatable bonds is 6. The molecule has 0 aromatic carbocycles. The summed E-state index contributed by atoms with van der Waals surface area (Å²) in [6.45, 7) is 0.864. The SMILES string of the molecule is NC(N)=NCCC[C@H](N)C(=O)N1CCCCC1C(=O)O. The van der Waals surface area contributed by atoms with E-state index in [2.05, 4.69) is 4.99 Å². The molecule has 1 saturated heterocycles. The Balaban J connectivity index is 2.49. The van der Waals surface area contributed by atoms with Crippen LogP contribution < -0.4 is 17.2 Å². The largest absolute Gasteiger partial charge is 0.480 e. The number of aliphatic imine (C=N–C) groups is 1. The summed E-state index contributed by atoms with van der Waals surface area (Å²) in [5.74, 6) is -1.26. The van der Waals surface area contributed by atoms with E-state index in [0.717, 1.165) is 12.8 Å². The Hall–Kier alpha value is -1.83. The zero-order valence-corrected chi connectivity index (χ0v) is 11.5. The molecule has 8 heteroatoms. The molecule has 0 aromatic rings. The number of likely N-dealkylation sites (tertiary alicyclic amines) is 1. The van der Waals surface area contributed by atoms with Crippen molar-refractivity contribution in [1.29, 1.82) is 0 Å². The summed E-state index contributed by atoms with van der Waals surface area (Å²) < 4.78 is 0. The van der Waals surface area contributed by atoms with E-state index < -0.39 is 18.1 Å². The molecule has 1 amide bonds. The van der Waals surface area contributed by atoms with Crippen LogP contribution in [0.25, 0.3) is 0 Å². The smallest absolute Gasteiger partial charge is 0.326 e. The van der Waals surface area contributed by atoms with E-state index in [1.165, 1.54) is 4.90 Å². The lowest BCUT2D eigenvalue weighted by atomic mass is 10.00. The van der Waals surface area contributed by atoms with E-state index in [1.54, 1.807) is 0 Å². The minimum absolute atomic E-state index is 0.00636. The second-order valence-electron chi connectivity index (χ2n) is 4.94. The summed E-state index contributed by atoms with van der Waals surface area (Å²) >= 11 is 0. The number of aliphatic carboxylic acids is 1. The van der Waals surface area contributed by atoms with E-state index in [0.29, 0.717) is 32.4 Å². The molecule has 1 fully saturated rings. The van der Waals surface area contributed by atoms with Gasteiger partial charge >= 0.3 is 5.97 Å². The van der Waals surface area contributed by atoms with Gasteiger partial charge in [-0.2, -0.15) is 0 Å². The van der Waals surface area contributed by atoms with Crippen LogP contribution in [-0.4, -0.2) is 53.0 Å². The maximum Gasteiger partial charge on any atom is 0.326 e. The molecule has 0 spiro atoms. The fourth-order valence-electron chi connectivity index (χ4n) is 2.31. The molecule has 0 bridgehead atoms. The van der Waals surface area contributed by atoms with Crippen LogP contribution in [0.1, 0.15) is 32.1 Å². The predicted molar refractivity (Wildman–Crippen MR) is 74.9 cm³/mol. The van der Waals surface area contributed by atoms with Gasteiger partial charge in [-0.25, -0.2) is 4.79 Å². The number of hydrogen-bond acceptors (Lipinski definition) is 4. The highest BCUT2D eigenvalue weighted by molar-refractivity contribution is 5.87. The molecule has 1 heterocycles. The number of piperidine rings is 1. The number of carboxylic acids is 1. The normalized spacial score (nSPS) is 20.2. The third-order valence-electron chi connectivity index (χ3n) is 3.36. The third-order valence-corrected chi connectivity index (χ3v) is 3.36. The van der Waals surface area contributed by atoms with Crippen molar-refractivity contribution in [1.82, 2.24) is 4.90 Å². The zero-order valence-electron chi connectivity index (χ0n) is 11.5. The Morgan fingerprint density at radius 1 is 1.35 bits per heavy atom. The maximum atomic E-state index is 12.2. The van der Waals surface area contributed by atoms with Crippen LogP contribution in [0.3, 0.4) is 0 Å². The highest BCUT2D eigenvalue weighted by Gasteiger charge is 2.33. The van der Waals surface area contributed by atoms with Gasteiger partial charge < -0.3 is 27.2 Å². The summed E-state index contributed by atoms with van der Waals surface area (Å²) in [7, 11) is 0. The van der Waals surface area contributed by atoms with Gasteiger partial charge in [0.1, 0.15) is 6.04 Å². The average molecular weight is 285 g/mol. The molecule has 0 radical (unpaired) electrons. The first-order valence-electron chi connectivity index (χ1n) is 6.77. The van der Waals surface area contributed by atoms with Crippen molar-refractivity contribution in [3.63, 3.8) is 0 Å². The molecule has 0 aromatic heterocycles. The van der Waals surface area contributed by atoms with E-state index >= 15 is 0 Å². The molecule has 20 heavy (non-hydrogen) atoms. The number of hydrogen-bond donors (Lipinski definition) is 4. The van der Waals surface area contributed by atoms with Gasteiger partial charge in [-0.3, -0.25) is 9.79 Å². The van der Waals surface area contributed by atoms with Gasteiger partial charge in [0.2, 0.25) is 5.91 Å². The Bertz CT molecular complexity index is 381. The van der Waals surface area contributed by atoms with E-state index in [-0.39, 0.29) is 11.9 Å². The van der Waals surface area contributed by atoms with Crippen molar-refractivity contribution in [3.8, 4) is 0 Å². The van der Waals surface area contributed by atoms with E-state index in [4.69, 9.17) is 22.3 Å². The van der Waals surface area contributed by atoms with Crippen LogP contribution in [0.2, 0.25) is 0 Å². The van der Waals surface area contributed by atoms with Gasteiger partial charge in [-0.15, -0.1) is 0 Å². The Morgan fingerprint density at radius 3 is 2.65 bits per heavy atom. The van der Waals surface area contributed by atoms with Crippen molar-refractivity contribution in [3.05, 3.63) is 0 Å². The van der Waals surface area contributed by atoms with E-state index in [1.807, 2.05) is 0 Å². The van der Waals surface area contributed by atoms with Crippen molar-refractivity contribution in [2.45, 2.75) is 44.2 Å². The summed E-state index contributed by atoms with van der Waals surface area (Å²) in [4.78, 5) is 28.5. The molecule has 1 aliphatic rings. The Kier molecular flexibility index (Phi) is 6.23. The molecule has 8 nitrogen and oxygen atoms in total. The van der Waals surface area contributed by atoms with Crippen molar-refractivity contribution in [2.75, 3.05) is 13.1 Å². The Morgan fingerprint density at radius 2 is 2.05 bits per heavy atom. The van der Waals surface area contributed by atoms with Crippen LogP contribution in [0.15, 0.2) is 4.99 Å². The standard InChI is InChI=1S/C12H23N5O3/c13-8(4-3-6-16-12(14)15)10(18)17-7-2-1-5-9(17)11(19)20/h8-9H,1-7,13H2,(H,19,20)(H4,14,15,16)/t8-,9?/m0/s1. The maximum absolute atomic E-state index is 12.2. The quantitative estimate of drug-likeness (QED) is 0.274. The topological polar surface area (TPSA) is 148 Å². The second kappa shape index (κ2) is 7.68. The fourth-order valence-corrected chi connectivity index (χ4v) is 2.31. The van der Waals surface area contributed by atoms with Gasteiger partial charge in [0.15, 0.2) is 5.96 Å². The van der Waals surface area contributed by atoms with Gasteiger partial charge in [0.05, 0.1) is 6.04 Å². The number of nitrogens with two attached hydrogens (primary N) is 3. The molecular formula is C12H23N5O3. The number of guanidine groups is 1. The molecule has 0 aliphatic carbocycles.